The zero-order valence-corrected chi connectivity index (χ0v) is 16.4. The second-order valence-corrected chi connectivity index (χ2v) is 10.3. The first kappa shape index (κ1) is 17.7. The van der Waals surface area contributed by atoms with Crippen LogP contribution in [0, 0.1) is 0 Å². The molecular formula is C17H21N3O5S2. The summed E-state index contributed by atoms with van der Waals surface area (Å²) in [5.74, 6) is 0.883. The minimum absolute atomic E-state index is 0.303. The van der Waals surface area contributed by atoms with Crippen molar-refractivity contribution in [3.8, 4) is 11.4 Å². The summed E-state index contributed by atoms with van der Waals surface area (Å²) in [6.07, 6.45) is 4.46. The maximum Gasteiger partial charge on any atom is 0.252 e. The van der Waals surface area contributed by atoms with E-state index in [1.165, 1.54) is 22.1 Å². The van der Waals surface area contributed by atoms with Crippen LogP contribution in [0.1, 0.15) is 43.9 Å². The third-order valence-electron chi connectivity index (χ3n) is 5.62. The lowest BCUT2D eigenvalue weighted by atomic mass is 9.85. The standard InChI is InChI=1S/C17H21N3O5S2/c21-27(22,20-6-4-17(5-7-20)23-8-9-24-17)14-10-13(11-26-14)15-18-16(25-19-15)12-2-1-3-12/h10-12H,1-9H2. The van der Waals surface area contributed by atoms with E-state index < -0.39 is 15.8 Å². The number of rotatable bonds is 4. The summed E-state index contributed by atoms with van der Waals surface area (Å²) in [5, 5.41) is 5.80. The first-order valence-electron chi connectivity index (χ1n) is 9.26. The minimum atomic E-state index is -3.54. The Morgan fingerprint density at radius 3 is 2.59 bits per heavy atom. The minimum Gasteiger partial charge on any atom is -0.347 e. The van der Waals surface area contributed by atoms with Crippen molar-refractivity contribution in [1.82, 2.24) is 14.4 Å². The molecule has 1 saturated carbocycles. The molecule has 0 N–H and O–H groups in total. The molecule has 27 heavy (non-hydrogen) atoms. The van der Waals surface area contributed by atoms with E-state index in [9.17, 15) is 8.42 Å². The number of thiophene rings is 1. The van der Waals surface area contributed by atoms with Gasteiger partial charge in [-0.2, -0.15) is 9.29 Å². The summed E-state index contributed by atoms with van der Waals surface area (Å²) in [6.45, 7) is 1.94. The molecule has 0 bridgehead atoms. The van der Waals surface area contributed by atoms with E-state index in [2.05, 4.69) is 10.1 Å². The van der Waals surface area contributed by atoms with Gasteiger partial charge < -0.3 is 14.0 Å². The van der Waals surface area contributed by atoms with Crippen molar-refractivity contribution in [2.45, 2.75) is 48.0 Å². The molecule has 2 aromatic heterocycles. The number of nitrogens with zero attached hydrogens (tertiary/aromatic N) is 3. The van der Waals surface area contributed by atoms with Crippen LogP contribution in [-0.2, 0) is 19.5 Å². The Balaban J connectivity index is 1.32. The third kappa shape index (κ3) is 3.13. The van der Waals surface area contributed by atoms with Gasteiger partial charge in [0.15, 0.2) is 5.79 Å². The molecule has 0 aromatic carbocycles. The van der Waals surface area contributed by atoms with Crippen molar-refractivity contribution < 1.29 is 22.4 Å². The van der Waals surface area contributed by atoms with Gasteiger partial charge in [0.05, 0.1) is 13.2 Å². The van der Waals surface area contributed by atoms with E-state index >= 15 is 0 Å². The van der Waals surface area contributed by atoms with E-state index in [1.807, 2.05) is 0 Å². The highest BCUT2D eigenvalue weighted by Crippen LogP contribution is 2.38. The first-order valence-corrected chi connectivity index (χ1v) is 11.6. The van der Waals surface area contributed by atoms with Gasteiger partial charge in [-0.25, -0.2) is 8.42 Å². The first-order chi connectivity index (χ1) is 13.1. The SMILES string of the molecule is O=S(=O)(c1cc(-c2noc(C3CCC3)n2)cs1)N1CCC2(CC1)OCCO2. The molecule has 3 fully saturated rings. The fourth-order valence-corrected chi connectivity index (χ4v) is 6.47. The zero-order valence-electron chi connectivity index (χ0n) is 14.8. The van der Waals surface area contributed by atoms with Gasteiger partial charge >= 0.3 is 0 Å². The van der Waals surface area contributed by atoms with Gasteiger partial charge in [0.2, 0.25) is 11.7 Å². The normalized spacial score (nSPS) is 23.7. The van der Waals surface area contributed by atoms with E-state index in [-0.39, 0.29) is 0 Å². The lowest BCUT2D eigenvalue weighted by Gasteiger charge is -2.36. The third-order valence-corrected chi connectivity index (χ3v) is 8.94. The molecular weight excluding hydrogens is 390 g/mol. The predicted molar refractivity (Wildman–Crippen MR) is 96.8 cm³/mol. The maximum absolute atomic E-state index is 13.0. The number of aromatic nitrogens is 2. The number of hydrogen-bond acceptors (Lipinski definition) is 8. The Morgan fingerprint density at radius 2 is 1.93 bits per heavy atom. The van der Waals surface area contributed by atoms with Crippen LogP contribution in [0.15, 0.2) is 20.2 Å². The molecule has 146 valence electrons. The summed E-state index contributed by atoms with van der Waals surface area (Å²) in [4.78, 5) is 4.45. The molecule has 0 atom stereocenters. The van der Waals surface area contributed by atoms with Crippen LogP contribution >= 0.6 is 11.3 Å². The van der Waals surface area contributed by atoms with Crippen molar-refractivity contribution in [3.63, 3.8) is 0 Å². The van der Waals surface area contributed by atoms with Crippen LogP contribution < -0.4 is 0 Å². The lowest BCUT2D eigenvalue weighted by molar-refractivity contribution is -0.179. The fraction of sp³-hybridized carbons (Fsp3) is 0.647. The molecule has 1 spiro atoms. The van der Waals surface area contributed by atoms with Crippen LogP contribution in [0.4, 0.5) is 0 Å². The summed E-state index contributed by atoms with van der Waals surface area (Å²) in [7, 11) is -3.54. The molecule has 0 radical (unpaired) electrons. The van der Waals surface area contributed by atoms with E-state index in [4.69, 9.17) is 14.0 Å². The maximum atomic E-state index is 13.0. The average Bonchev–Trinajstić information content (AvgIpc) is 3.34. The molecule has 8 nitrogen and oxygen atoms in total. The summed E-state index contributed by atoms with van der Waals surface area (Å²) in [6, 6.07) is 1.64. The van der Waals surface area contributed by atoms with Crippen LogP contribution in [0.2, 0.25) is 0 Å². The molecule has 2 saturated heterocycles. The van der Waals surface area contributed by atoms with Crippen LogP contribution in [0.5, 0.6) is 0 Å². The quantitative estimate of drug-likeness (QED) is 0.763. The summed E-state index contributed by atoms with van der Waals surface area (Å²) in [5.41, 5.74) is 0.684. The number of hydrogen-bond donors (Lipinski definition) is 0. The second-order valence-electron chi connectivity index (χ2n) is 7.25. The Kier molecular flexibility index (Phi) is 4.36. The fourth-order valence-electron chi connectivity index (χ4n) is 3.72. The van der Waals surface area contributed by atoms with Crippen molar-refractivity contribution >= 4 is 21.4 Å². The molecule has 2 aromatic rings. The van der Waals surface area contributed by atoms with Crippen LogP contribution in [-0.4, -0.2) is 55.0 Å². The van der Waals surface area contributed by atoms with Gasteiger partial charge in [0.25, 0.3) is 10.0 Å². The largest absolute Gasteiger partial charge is 0.347 e. The molecule has 3 aliphatic rings. The van der Waals surface area contributed by atoms with Gasteiger partial charge in [0.1, 0.15) is 4.21 Å². The highest BCUT2D eigenvalue weighted by Gasteiger charge is 2.43. The van der Waals surface area contributed by atoms with Crippen LogP contribution in [0.3, 0.4) is 0 Å². The molecule has 1 aliphatic carbocycles. The molecule has 10 heteroatoms. The highest BCUT2D eigenvalue weighted by atomic mass is 32.2. The molecule has 5 rings (SSSR count). The molecule has 0 unspecified atom stereocenters. The molecule has 0 amide bonds. The number of ether oxygens (including phenoxy) is 2. The van der Waals surface area contributed by atoms with Gasteiger partial charge in [-0.1, -0.05) is 11.6 Å². The van der Waals surface area contributed by atoms with Crippen molar-refractivity contribution in [2.24, 2.45) is 0 Å². The topological polar surface area (TPSA) is 94.8 Å². The van der Waals surface area contributed by atoms with Crippen molar-refractivity contribution in [3.05, 3.63) is 17.3 Å². The Morgan fingerprint density at radius 1 is 1.19 bits per heavy atom. The molecule has 2 aliphatic heterocycles. The Labute approximate surface area is 161 Å². The zero-order chi connectivity index (χ0) is 18.5. The van der Waals surface area contributed by atoms with Crippen LogP contribution in [0.25, 0.3) is 11.4 Å². The monoisotopic (exact) mass is 411 g/mol. The Hall–Kier alpha value is -1.33. The second kappa shape index (κ2) is 6.63. The average molecular weight is 412 g/mol. The predicted octanol–water partition coefficient (Wildman–Crippen LogP) is 2.59. The van der Waals surface area contributed by atoms with Gasteiger partial charge in [-0.15, -0.1) is 11.3 Å². The van der Waals surface area contributed by atoms with Gasteiger partial charge in [-0.3, -0.25) is 0 Å². The van der Waals surface area contributed by atoms with Crippen molar-refractivity contribution in [2.75, 3.05) is 26.3 Å². The number of piperidine rings is 1. The summed E-state index contributed by atoms with van der Waals surface area (Å²) >= 11 is 1.19. The van der Waals surface area contributed by atoms with Crippen molar-refractivity contribution in [1.29, 1.82) is 0 Å². The summed E-state index contributed by atoms with van der Waals surface area (Å²) < 4.78 is 44.5. The van der Waals surface area contributed by atoms with E-state index in [1.54, 1.807) is 11.4 Å². The van der Waals surface area contributed by atoms with E-state index in [0.717, 1.165) is 12.8 Å². The Bertz CT molecular complexity index is 918. The lowest BCUT2D eigenvalue weighted by Crippen LogP contribution is -2.47. The van der Waals surface area contributed by atoms with Gasteiger partial charge in [0, 0.05) is 42.8 Å². The smallest absolute Gasteiger partial charge is 0.252 e. The van der Waals surface area contributed by atoms with Gasteiger partial charge in [-0.05, 0) is 18.9 Å². The molecule has 4 heterocycles. The highest BCUT2D eigenvalue weighted by molar-refractivity contribution is 7.91. The number of sulfonamides is 1. The van der Waals surface area contributed by atoms with E-state index in [0.29, 0.717) is 66.6 Å².